The van der Waals surface area contributed by atoms with E-state index in [9.17, 15) is 32.5 Å². The van der Waals surface area contributed by atoms with Crippen LogP contribution in [-0.2, 0) is 26.2 Å². The summed E-state index contributed by atoms with van der Waals surface area (Å²) >= 11 is 0. The molecule has 0 aliphatic rings. The summed E-state index contributed by atoms with van der Waals surface area (Å²) in [6, 6.07) is 9.36. The summed E-state index contributed by atoms with van der Waals surface area (Å²) in [5, 5.41) is 14.0. The lowest BCUT2D eigenvalue weighted by atomic mass is 10.1. The van der Waals surface area contributed by atoms with Crippen LogP contribution in [-0.4, -0.2) is 54.4 Å². The van der Waals surface area contributed by atoms with Gasteiger partial charge >= 0.3 is 0 Å². The fourth-order valence-corrected chi connectivity index (χ4v) is 4.38. The van der Waals surface area contributed by atoms with Crippen molar-refractivity contribution < 1.29 is 27.3 Å². The summed E-state index contributed by atoms with van der Waals surface area (Å²) in [5.41, 5.74) is -0.452. The van der Waals surface area contributed by atoms with E-state index >= 15 is 0 Å². The van der Waals surface area contributed by atoms with Gasteiger partial charge in [-0.1, -0.05) is 25.1 Å². The first-order chi connectivity index (χ1) is 16.6. The average Bonchev–Trinajstić information content (AvgIpc) is 2.76. The molecule has 0 spiro atoms. The van der Waals surface area contributed by atoms with E-state index in [-0.39, 0.29) is 24.3 Å². The van der Waals surface area contributed by atoms with Crippen LogP contribution in [0.5, 0.6) is 0 Å². The maximum absolute atomic E-state index is 13.6. The van der Waals surface area contributed by atoms with Crippen molar-refractivity contribution in [2.24, 2.45) is 0 Å². The van der Waals surface area contributed by atoms with Gasteiger partial charge in [0, 0.05) is 24.2 Å². The van der Waals surface area contributed by atoms with Crippen LogP contribution < -0.4 is 9.62 Å². The Hall–Kier alpha value is -3.54. The van der Waals surface area contributed by atoms with Gasteiger partial charge in [-0.05, 0) is 51.0 Å². The zero-order valence-electron chi connectivity index (χ0n) is 20.9. The number of hydrogen-bond acceptors (Lipinski definition) is 6. The molecule has 1 atom stereocenters. The summed E-state index contributed by atoms with van der Waals surface area (Å²) in [5.74, 6) is -1.60. The van der Waals surface area contributed by atoms with Crippen LogP contribution in [0.1, 0.15) is 39.7 Å². The van der Waals surface area contributed by atoms with Crippen LogP contribution >= 0.6 is 0 Å². The third kappa shape index (κ3) is 8.01. The van der Waals surface area contributed by atoms with Gasteiger partial charge in [-0.25, -0.2) is 12.8 Å². The Morgan fingerprint density at radius 1 is 1.14 bits per heavy atom. The van der Waals surface area contributed by atoms with Crippen LogP contribution in [0.15, 0.2) is 48.5 Å². The van der Waals surface area contributed by atoms with Crippen molar-refractivity contribution in [1.82, 2.24) is 10.2 Å². The van der Waals surface area contributed by atoms with Crippen molar-refractivity contribution in [2.45, 2.75) is 52.2 Å². The molecule has 0 aromatic heterocycles. The molecule has 0 saturated heterocycles. The van der Waals surface area contributed by atoms with E-state index in [4.69, 9.17) is 0 Å². The molecule has 0 saturated carbocycles. The lowest BCUT2D eigenvalue weighted by Crippen LogP contribution is -2.55. The molecule has 0 radical (unpaired) electrons. The monoisotopic (exact) mass is 522 g/mol. The largest absolute Gasteiger partial charge is 0.350 e. The lowest BCUT2D eigenvalue weighted by molar-refractivity contribution is -0.384. The maximum Gasteiger partial charge on any atom is 0.271 e. The van der Waals surface area contributed by atoms with E-state index in [0.717, 1.165) is 16.6 Å². The first-order valence-corrected chi connectivity index (χ1v) is 13.1. The zero-order chi connectivity index (χ0) is 27.3. The second kappa shape index (κ2) is 11.5. The number of benzene rings is 2. The van der Waals surface area contributed by atoms with E-state index in [0.29, 0.717) is 5.56 Å². The number of nitrogens with one attached hydrogen (secondary N) is 1. The Labute approximate surface area is 210 Å². The van der Waals surface area contributed by atoms with E-state index in [2.05, 4.69) is 5.32 Å². The summed E-state index contributed by atoms with van der Waals surface area (Å²) in [7, 11) is -4.04. The van der Waals surface area contributed by atoms with Gasteiger partial charge in [0.15, 0.2) is 0 Å². The predicted molar refractivity (Wildman–Crippen MR) is 134 cm³/mol. The number of halogens is 1. The average molecular weight is 523 g/mol. The Bertz CT molecular complexity index is 1210. The summed E-state index contributed by atoms with van der Waals surface area (Å²) in [6.07, 6.45) is 1.11. The highest BCUT2D eigenvalue weighted by molar-refractivity contribution is 7.92. The highest BCUT2D eigenvalue weighted by Gasteiger charge is 2.33. The van der Waals surface area contributed by atoms with Gasteiger partial charge in [-0.15, -0.1) is 0 Å². The second-order valence-corrected chi connectivity index (χ2v) is 11.3. The number of rotatable bonds is 10. The number of amides is 2. The van der Waals surface area contributed by atoms with Crippen LogP contribution in [0.25, 0.3) is 0 Å². The molecule has 0 aliphatic carbocycles. The normalized spacial score (nSPS) is 12.5. The third-order valence-electron chi connectivity index (χ3n) is 5.16. The summed E-state index contributed by atoms with van der Waals surface area (Å²) in [6.45, 7) is 6.31. The Morgan fingerprint density at radius 3 is 2.25 bits per heavy atom. The highest BCUT2D eigenvalue weighted by atomic mass is 32.2. The zero-order valence-corrected chi connectivity index (χ0v) is 21.7. The summed E-state index contributed by atoms with van der Waals surface area (Å²) in [4.78, 5) is 38.4. The quantitative estimate of drug-likeness (QED) is 0.377. The number of nitro groups is 1. The molecular formula is C24H31FN4O6S. The minimum absolute atomic E-state index is 0.0611. The Balaban J connectivity index is 2.49. The van der Waals surface area contributed by atoms with Crippen LogP contribution in [0.2, 0.25) is 0 Å². The van der Waals surface area contributed by atoms with Gasteiger partial charge in [0.2, 0.25) is 21.8 Å². The van der Waals surface area contributed by atoms with Crippen molar-refractivity contribution in [3.8, 4) is 0 Å². The first kappa shape index (κ1) is 28.7. The topological polar surface area (TPSA) is 130 Å². The van der Waals surface area contributed by atoms with Crippen molar-refractivity contribution in [1.29, 1.82) is 0 Å². The number of anilines is 1. The third-order valence-corrected chi connectivity index (χ3v) is 6.30. The van der Waals surface area contributed by atoms with Gasteiger partial charge < -0.3 is 10.2 Å². The fraction of sp³-hybridized carbons (Fsp3) is 0.417. The molecule has 2 aromatic rings. The minimum atomic E-state index is -4.04. The molecule has 2 aromatic carbocycles. The van der Waals surface area contributed by atoms with Gasteiger partial charge in [-0.2, -0.15) is 0 Å². The van der Waals surface area contributed by atoms with Gasteiger partial charge in [0.1, 0.15) is 18.4 Å². The number of nitro benzene ring substituents is 1. The highest BCUT2D eigenvalue weighted by Crippen LogP contribution is 2.24. The molecule has 2 amide bonds. The van der Waals surface area contributed by atoms with E-state index in [1.807, 2.05) is 0 Å². The molecule has 36 heavy (non-hydrogen) atoms. The number of carbonyl (C=O) groups is 2. The predicted octanol–water partition coefficient (Wildman–Crippen LogP) is 3.22. The lowest BCUT2D eigenvalue weighted by Gasteiger charge is -2.34. The van der Waals surface area contributed by atoms with E-state index in [1.54, 1.807) is 27.7 Å². The number of carbonyl (C=O) groups excluding carboxylic acids is 2. The maximum atomic E-state index is 13.6. The van der Waals surface area contributed by atoms with E-state index in [1.165, 1.54) is 47.4 Å². The Morgan fingerprint density at radius 2 is 1.75 bits per heavy atom. The van der Waals surface area contributed by atoms with Crippen LogP contribution in [0.3, 0.4) is 0 Å². The molecule has 0 heterocycles. The van der Waals surface area contributed by atoms with E-state index < -0.39 is 50.7 Å². The van der Waals surface area contributed by atoms with Crippen molar-refractivity contribution >= 4 is 33.2 Å². The minimum Gasteiger partial charge on any atom is -0.350 e. The summed E-state index contributed by atoms with van der Waals surface area (Å²) < 4.78 is 39.4. The molecule has 0 bridgehead atoms. The molecule has 0 fully saturated rings. The second-order valence-electron chi connectivity index (χ2n) is 9.36. The molecule has 1 unspecified atom stereocenters. The molecule has 1 N–H and O–H groups in total. The smallest absolute Gasteiger partial charge is 0.271 e. The van der Waals surface area contributed by atoms with Gasteiger partial charge in [-0.3, -0.25) is 24.0 Å². The van der Waals surface area contributed by atoms with Gasteiger partial charge in [0.05, 0.1) is 16.9 Å². The van der Waals surface area contributed by atoms with Crippen LogP contribution in [0, 0.1) is 15.9 Å². The number of sulfonamides is 1. The van der Waals surface area contributed by atoms with Crippen molar-refractivity contribution in [3.05, 3.63) is 70.0 Å². The molecular weight excluding hydrogens is 491 g/mol. The first-order valence-electron chi connectivity index (χ1n) is 11.2. The SMILES string of the molecule is CCC(C(=O)NC(C)(C)C)N(Cc1ccc(F)cc1)C(=O)CN(c1cccc([N+](=O)[O-])c1)S(C)(=O)=O. The molecule has 0 aliphatic heterocycles. The fourth-order valence-electron chi connectivity index (χ4n) is 3.53. The molecule has 196 valence electrons. The molecule has 2 rings (SSSR count). The number of non-ortho nitro benzene ring substituents is 1. The van der Waals surface area contributed by atoms with Crippen molar-refractivity contribution in [2.75, 3.05) is 17.1 Å². The number of nitrogens with zero attached hydrogens (tertiary/aromatic N) is 3. The van der Waals surface area contributed by atoms with Crippen molar-refractivity contribution in [3.63, 3.8) is 0 Å². The molecule has 12 heteroatoms. The number of hydrogen-bond donors (Lipinski definition) is 1. The standard InChI is InChI=1S/C24H31FN4O6S/c1-6-21(23(31)26-24(2,3)4)27(15-17-10-12-18(25)13-11-17)22(30)16-28(36(5,34)35)19-8-7-9-20(14-19)29(32)33/h7-14,21H,6,15-16H2,1-5H3,(H,26,31). The Kier molecular flexibility index (Phi) is 9.14. The van der Waals surface area contributed by atoms with Gasteiger partial charge in [0.25, 0.3) is 5.69 Å². The van der Waals surface area contributed by atoms with Crippen LogP contribution in [0.4, 0.5) is 15.8 Å². The molecule has 10 nitrogen and oxygen atoms in total.